The van der Waals surface area contributed by atoms with Gasteiger partial charge in [0.15, 0.2) is 0 Å². The van der Waals surface area contributed by atoms with Gasteiger partial charge in [0.2, 0.25) is 0 Å². The van der Waals surface area contributed by atoms with E-state index in [4.69, 9.17) is 4.74 Å². The normalized spacial score (nSPS) is 15.8. The molecule has 0 aromatic heterocycles. The Hall–Kier alpha value is -1.77. The van der Waals surface area contributed by atoms with Gasteiger partial charge in [0.05, 0.1) is 15.9 Å². The lowest BCUT2D eigenvalue weighted by Gasteiger charge is -2.13. The summed E-state index contributed by atoms with van der Waals surface area (Å²) in [6.45, 7) is 0.369. The number of amides is 2. The number of imide groups is 1. The van der Waals surface area contributed by atoms with Crippen molar-refractivity contribution in [3.63, 3.8) is 0 Å². The Labute approximate surface area is 171 Å². The zero-order chi connectivity index (χ0) is 18.7. The molecule has 1 saturated heterocycles. The zero-order valence-electron chi connectivity index (χ0n) is 13.3. The Bertz CT molecular complexity index is 886. The van der Waals surface area contributed by atoms with Crippen LogP contribution in [0.5, 0.6) is 11.5 Å². The van der Waals surface area contributed by atoms with Gasteiger partial charge in [-0.2, -0.15) is 0 Å². The predicted octanol–water partition coefficient (Wildman–Crippen LogP) is 5.03. The summed E-state index contributed by atoms with van der Waals surface area (Å²) < 4.78 is 6.78. The van der Waals surface area contributed by atoms with Crippen molar-refractivity contribution in [1.82, 2.24) is 4.90 Å². The first-order valence-corrected chi connectivity index (χ1v) is 9.97. The van der Waals surface area contributed by atoms with E-state index in [-0.39, 0.29) is 29.0 Å². The van der Waals surface area contributed by atoms with Gasteiger partial charge in [0, 0.05) is 10.0 Å². The first-order chi connectivity index (χ1) is 12.5. The molecule has 26 heavy (non-hydrogen) atoms. The molecule has 2 aromatic rings. The van der Waals surface area contributed by atoms with Crippen LogP contribution in [0.3, 0.4) is 0 Å². The average Bonchev–Trinajstić information content (AvgIpc) is 2.87. The number of halogens is 2. The number of carbonyl (C=O) groups excluding carboxylic acids is 2. The quantitative estimate of drug-likeness (QED) is 0.585. The van der Waals surface area contributed by atoms with E-state index in [1.165, 1.54) is 6.08 Å². The maximum atomic E-state index is 12.5. The molecule has 0 unspecified atom stereocenters. The summed E-state index contributed by atoms with van der Waals surface area (Å²) in [6, 6.07) is 12.6. The van der Waals surface area contributed by atoms with Gasteiger partial charge in [-0.25, -0.2) is 0 Å². The molecule has 0 saturated carbocycles. The fourth-order valence-electron chi connectivity index (χ4n) is 2.30. The van der Waals surface area contributed by atoms with Crippen molar-refractivity contribution in [2.45, 2.75) is 0 Å². The number of phenols is 1. The van der Waals surface area contributed by atoms with Crippen LogP contribution in [0.15, 0.2) is 56.3 Å². The van der Waals surface area contributed by atoms with Crippen LogP contribution in [-0.4, -0.2) is 34.3 Å². The van der Waals surface area contributed by atoms with E-state index in [0.717, 1.165) is 21.1 Å². The summed E-state index contributed by atoms with van der Waals surface area (Å²) >= 11 is 7.43. The largest absolute Gasteiger partial charge is 0.506 e. The van der Waals surface area contributed by atoms with E-state index in [1.807, 2.05) is 30.3 Å². The first-order valence-electron chi connectivity index (χ1n) is 7.57. The molecule has 0 bridgehead atoms. The maximum absolute atomic E-state index is 12.5. The molecule has 2 aromatic carbocycles. The third-order valence-electron chi connectivity index (χ3n) is 3.54. The third-order valence-corrected chi connectivity index (χ3v) is 5.51. The molecule has 0 aliphatic carbocycles. The van der Waals surface area contributed by atoms with Gasteiger partial charge in [0.1, 0.15) is 18.1 Å². The van der Waals surface area contributed by atoms with Gasteiger partial charge in [-0.05, 0) is 58.0 Å². The second-order valence-electron chi connectivity index (χ2n) is 5.32. The van der Waals surface area contributed by atoms with E-state index in [9.17, 15) is 14.7 Å². The summed E-state index contributed by atoms with van der Waals surface area (Å²) in [6.07, 6.45) is 1.51. The number of carbonyl (C=O) groups is 2. The third kappa shape index (κ3) is 4.31. The van der Waals surface area contributed by atoms with Crippen LogP contribution in [0.2, 0.25) is 0 Å². The zero-order valence-corrected chi connectivity index (χ0v) is 17.3. The molecule has 1 fully saturated rings. The molecular weight excluding hydrogens is 486 g/mol. The number of ether oxygens (including phenoxy) is 1. The molecule has 134 valence electrons. The topological polar surface area (TPSA) is 66.8 Å². The summed E-state index contributed by atoms with van der Waals surface area (Å²) in [5.41, 5.74) is 0.442. The predicted molar refractivity (Wildman–Crippen MR) is 108 cm³/mol. The van der Waals surface area contributed by atoms with E-state index in [1.54, 1.807) is 12.1 Å². The number of benzene rings is 2. The van der Waals surface area contributed by atoms with Crippen molar-refractivity contribution in [3.8, 4) is 11.5 Å². The highest BCUT2D eigenvalue weighted by Crippen LogP contribution is 2.37. The lowest BCUT2D eigenvalue weighted by atomic mass is 10.2. The number of thioether (sulfide) groups is 1. The molecule has 3 rings (SSSR count). The van der Waals surface area contributed by atoms with Crippen LogP contribution in [0.4, 0.5) is 4.79 Å². The number of aromatic hydroxyl groups is 1. The molecule has 2 amide bonds. The molecule has 1 aliphatic heterocycles. The lowest BCUT2D eigenvalue weighted by Crippen LogP contribution is -2.32. The molecule has 0 atom stereocenters. The van der Waals surface area contributed by atoms with Crippen LogP contribution < -0.4 is 4.74 Å². The van der Waals surface area contributed by atoms with Crippen molar-refractivity contribution in [1.29, 1.82) is 0 Å². The Kier molecular flexibility index (Phi) is 6.05. The highest BCUT2D eigenvalue weighted by Gasteiger charge is 2.35. The fraction of sp³-hybridized carbons (Fsp3) is 0.111. The van der Waals surface area contributed by atoms with Crippen molar-refractivity contribution in [2.24, 2.45) is 0 Å². The van der Waals surface area contributed by atoms with E-state index in [0.29, 0.717) is 15.8 Å². The molecule has 1 aliphatic rings. The molecule has 1 heterocycles. The number of phenolic OH excluding ortho intramolecular Hbond substituents is 1. The van der Waals surface area contributed by atoms with Crippen LogP contribution in [0.1, 0.15) is 5.56 Å². The summed E-state index contributed by atoms with van der Waals surface area (Å²) in [5, 5.41) is 9.76. The van der Waals surface area contributed by atoms with E-state index >= 15 is 0 Å². The molecule has 5 nitrogen and oxygen atoms in total. The molecular formula is C18H13Br2NO4S. The van der Waals surface area contributed by atoms with Crippen LogP contribution >= 0.6 is 43.6 Å². The van der Waals surface area contributed by atoms with Gasteiger partial charge in [-0.1, -0.05) is 34.1 Å². The van der Waals surface area contributed by atoms with Gasteiger partial charge >= 0.3 is 0 Å². The number of rotatable bonds is 5. The Morgan fingerprint density at radius 1 is 1.15 bits per heavy atom. The van der Waals surface area contributed by atoms with Crippen molar-refractivity contribution in [2.75, 3.05) is 13.2 Å². The second-order valence-corrected chi connectivity index (χ2v) is 8.08. The molecule has 0 spiro atoms. The summed E-state index contributed by atoms with van der Waals surface area (Å²) in [7, 11) is 0. The monoisotopic (exact) mass is 497 g/mol. The minimum atomic E-state index is -0.396. The highest BCUT2D eigenvalue weighted by atomic mass is 79.9. The molecule has 8 heteroatoms. The Balaban J connectivity index is 1.70. The van der Waals surface area contributed by atoms with Gasteiger partial charge in [0.25, 0.3) is 11.1 Å². The minimum Gasteiger partial charge on any atom is -0.506 e. The molecule has 0 radical (unpaired) electrons. The second kappa shape index (κ2) is 8.28. The van der Waals surface area contributed by atoms with E-state index in [2.05, 4.69) is 31.9 Å². The fourth-order valence-corrected chi connectivity index (χ4v) is 4.42. The lowest BCUT2D eigenvalue weighted by molar-refractivity contribution is -0.123. The van der Waals surface area contributed by atoms with Gasteiger partial charge in [-0.15, -0.1) is 0 Å². The van der Waals surface area contributed by atoms with Crippen molar-refractivity contribution >= 4 is 60.8 Å². The summed E-state index contributed by atoms with van der Waals surface area (Å²) in [4.78, 5) is 26.0. The minimum absolute atomic E-state index is 0.00686. The number of hydrogen-bond donors (Lipinski definition) is 1. The highest BCUT2D eigenvalue weighted by molar-refractivity contribution is 9.11. The summed E-state index contributed by atoms with van der Waals surface area (Å²) in [5.74, 6) is 0.290. The Morgan fingerprint density at radius 3 is 2.62 bits per heavy atom. The smallest absolute Gasteiger partial charge is 0.293 e. The van der Waals surface area contributed by atoms with Crippen LogP contribution in [0.25, 0.3) is 6.08 Å². The van der Waals surface area contributed by atoms with Gasteiger partial charge < -0.3 is 9.84 Å². The standard InChI is InChI=1S/C18H13Br2NO4S/c19-12-8-11(16(22)14(20)10-12)9-15-17(23)21(18(24)26-15)6-7-25-13-4-2-1-3-5-13/h1-5,8-10,22H,6-7H2/b15-9-. The van der Waals surface area contributed by atoms with Gasteiger partial charge in [-0.3, -0.25) is 14.5 Å². The Morgan fingerprint density at radius 2 is 1.88 bits per heavy atom. The number of nitrogens with zero attached hydrogens (tertiary/aromatic N) is 1. The van der Waals surface area contributed by atoms with Crippen molar-refractivity contribution in [3.05, 3.63) is 61.9 Å². The number of hydrogen-bond acceptors (Lipinski definition) is 5. The first kappa shape index (κ1) is 19.0. The average molecular weight is 499 g/mol. The molecule has 1 N–H and O–H groups in total. The van der Waals surface area contributed by atoms with Crippen LogP contribution in [-0.2, 0) is 4.79 Å². The SMILES string of the molecule is O=C1S/C(=C\c2cc(Br)cc(Br)c2O)C(=O)N1CCOc1ccccc1. The van der Waals surface area contributed by atoms with Crippen molar-refractivity contribution < 1.29 is 19.4 Å². The maximum Gasteiger partial charge on any atom is 0.293 e. The number of para-hydroxylation sites is 1. The van der Waals surface area contributed by atoms with Crippen LogP contribution in [0, 0.1) is 0 Å². The van der Waals surface area contributed by atoms with E-state index < -0.39 is 5.91 Å².